The molecule has 0 spiro atoms. The molecule has 0 radical (unpaired) electrons. The normalized spacial score (nSPS) is 12.9. The van der Waals surface area contributed by atoms with Crippen LogP contribution in [0, 0.1) is 12.7 Å². The van der Waals surface area contributed by atoms with E-state index in [2.05, 4.69) is 0 Å². The number of phenols is 2. The van der Waals surface area contributed by atoms with Crippen LogP contribution in [0.5, 0.6) is 11.5 Å². The minimum atomic E-state index is -0.866. The third-order valence-corrected chi connectivity index (χ3v) is 2.24. The summed E-state index contributed by atoms with van der Waals surface area (Å²) in [6.45, 7) is 2.98. The Balaban J connectivity index is 3.33. The molecule has 1 atom stereocenters. The number of aliphatic hydroxyl groups is 1. The van der Waals surface area contributed by atoms with Crippen molar-refractivity contribution in [2.75, 3.05) is 6.61 Å². The van der Waals surface area contributed by atoms with E-state index in [1.54, 1.807) is 13.8 Å². The quantitative estimate of drug-likeness (QED) is 0.636. The summed E-state index contributed by atoms with van der Waals surface area (Å²) in [6, 6.07) is 1.42. The van der Waals surface area contributed by atoms with Crippen molar-refractivity contribution >= 4 is 0 Å². The largest absolute Gasteiger partial charge is 0.504 e. The summed E-state index contributed by atoms with van der Waals surface area (Å²) >= 11 is 0. The van der Waals surface area contributed by atoms with Crippen LogP contribution in [0.1, 0.15) is 24.0 Å². The number of hydrogen-bond donors (Lipinski definition) is 3. The smallest absolute Gasteiger partial charge is 0.194 e. The Morgan fingerprint density at radius 2 is 1.93 bits per heavy atom. The van der Waals surface area contributed by atoms with E-state index in [0.717, 1.165) is 0 Å². The van der Waals surface area contributed by atoms with Crippen LogP contribution in [-0.2, 0) is 0 Å². The van der Waals surface area contributed by atoms with Gasteiger partial charge in [-0.15, -0.1) is 0 Å². The van der Waals surface area contributed by atoms with Gasteiger partial charge in [-0.05, 0) is 24.1 Å². The summed E-state index contributed by atoms with van der Waals surface area (Å²) in [5, 5.41) is 27.3. The van der Waals surface area contributed by atoms with Gasteiger partial charge in [0.2, 0.25) is 0 Å². The molecule has 3 nitrogen and oxygen atoms in total. The first-order valence-electron chi connectivity index (χ1n) is 4.30. The molecule has 0 aliphatic heterocycles. The van der Waals surface area contributed by atoms with E-state index in [1.165, 1.54) is 6.07 Å². The molecule has 0 aromatic heterocycles. The van der Waals surface area contributed by atoms with Crippen LogP contribution >= 0.6 is 0 Å². The van der Waals surface area contributed by atoms with Gasteiger partial charge >= 0.3 is 0 Å². The molecule has 3 N–H and O–H groups in total. The number of rotatable bonds is 2. The lowest BCUT2D eigenvalue weighted by molar-refractivity contribution is 0.269. The van der Waals surface area contributed by atoms with E-state index < -0.39 is 23.2 Å². The van der Waals surface area contributed by atoms with Gasteiger partial charge in [-0.1, -0.05) is 6.92 Å². The number of phenolic OH excluding ortho intramolecular Hbond substituents is 2. The first-order valence-corrected chi connectivity index (χ1v) is 4.30. The maximum absolute atomic E-state index is 13.4. The Labute approximate surface area is 81.4 Å². The molecule has 0 fully saturated rings. The molecule has 0 saturated heterocycles. The van der Waals surface area contributed by atoms with Crippen LogP contribution in [0.15, 0.2) is 6.07 Å². The maximum Gasteiger partial charge on any atom is 0.194 e. The second-order valence-electron chi connectivity index (χ2n) is 3.38. The van der Waals surface area contributed by atoms with Crippen molar-refractivity contribution < 1.29 is 19.7 Å². The van der Waals surface area contributed by atoms with Crippen molar-refractivity contribution in [1.29, 1.82) is 0 Å². The Morgan fingerprint density at radius 3 is 2.43 bits per heavy atom. The van der Waals surface area contributed by atoms with Crippen LogP contribution in [-0.4, -0.2) is 21.9 Å². The fraction of sp³-hybridized carbons (Fsp3) is 0.400. The number of aryl methyl sites for hydroxylation is 1. The summed E-state index contributed by atoms with van der Waals surface area (Å²) in [7, 11) is 0. The molecule has 14 heavy (non-hydrogen) atoms. The molecule has 78 valence electrons. The van der Waals surface area contributed by atoms with Crippen LogP contribution < -0.4 is 0 Å². The maximum atomic E-state index is 13.4. The van der Waals surface area contributed by atoms with Gasteiger partial charge in [-0.3, -0.25) is 0 Å². The summed E-state index contributed by atoms with van der Waals surface area (Å²) in [5.41, 5.74) is 0.597. The van der Waals surface area contributed by atoms with Gasteiger partial charge in [0.05, 0.1) is 0 Å². The van der Waals surface area contributed by atoms with Gasteiger partial charge in [0.15, 0.2) is 17.3 Å². The predicted molar refractivity (Wildman–Crippen MR) is 50.0 cm³/mol. The van der Waals surface area contributed by atoms with Crippen LogP contribution in [0.3, 0.4) is 0 Å². The van der Waals surface area contributed by atoms with Crippen molar-refractivity contribution in [1.82, 2.24) is 0 Å². The lowest BCUT2D eigenvalue weighted by Gasteiger charge is -2.13. The average Bonchev–Trinajstić information content (AvgIpc) is 2.19. The molecule has 1 aromatic carbocycles. The Bertz CT molecular complexity index is 350. The Morgan fingerprint density at radius 1 is 1.36 bits per heavy atom. The third kappa shape index (κ3) is 1.65. The Hall–Kier alpha value is -1.29. The fourth-order valence-electron chi connectivity index (χ4n) is 1.25. The molecule has 1 rings (SSSR count). The van der Waals surface area contributed by atoms with Crippen molar-refractivity contribution in [2.24, 2.45) is 0 Å². The highest BCUT2D eigenvalue weighted by atomic mass is 19.1. The van der Waals surface area contributed by atoms with Crippen molar-refractivity contribution in [3.8, 4) is 11.5 Å². The zero-order chi connectivity index (χ0) is 10.9. The van der Waals surface area contributed by atoms with Crippen molar-refractivity contribution in [3.63, 3.8) is 0 Å². The van der Waals surface area contributed by atoms with Crippen molar-refractivity contribution in [2.45, 2.75) is 19.8 Å². The number of halogens is 1. The van der Waals surface area contributed by atoms with Crippen LogP contribution in [0.4, 0.5) is 4.39 Å². The number of aromatic hydroxyl groups is 2. The number of hydrogen-bond acceptors (Lipinski definition) is 3. The van der Waals surface area contributed by atoms with Crippen LogP contribution in [0.2, 0.25) is 0 Å². The summed E-state index contributed by atoms with van der Waals surface area (Å²) in [4.78, 5) is 0. The topological polar surface area (TPSA) is 60.7 Å². The molecule has 0 heterocycles. The second-order valence-corrected chi connectivity index (χ2v) is 3.38. The molecule has 0 aliphatic rings. The first-order chi connectivity index (χ1) is 6.49. The van der Waals surface area contributed by atoms with Gasteiger partial charge in [0.1, 0.15) is 0 Å². The predicted octanol–water partition coefficient (Wildman–Crippen LogP) is 1.64. The summed E-state index contributed by atoms with van der Waals surface area (Å²) in [5.74, 6) is -2.47. The third-order valence-electron chi connectivity index (χ3n) is 2.24. The van der Waals surface area contributed by atoms with E-state index >= 15 is 0 Å². The highest BCUT2D eigenvalue weighted by Gasteiger charge is 2.18. The summed E-state index contributed by atoms with van der Waals surface area (Å²) in [6.07, 6.45) is 0. The van der Waals surface area contributed by atoms with Crippen molar-refractivity contribution in [3.05, 3.63) is 23.0 Å². The van der Waals surface area contributed by atoms with Crippen LogP contribution in [0.25, 0.3) is 0 Å². The zero-order valence-electron chi connectivity index (χ0n) is 8.08. The van der Waals surface area contributed by atoms with E-state index in [9.17, 15) is 14.6 Å². The fourth-order valence-corrected chi connectivity index (χ4v) is 1.25. The summed E-state index contributed by atoms with van der Waals surface area (Å²) < 4.78 is 13.4. The van der Waals surface area contributed by atoms with E-state index in [1.807, 2.05) is 0 Å². The molecule has 0 aliphatic carbocycles. The molecule has 1 aromatic rings. The molecular formula is C10H13FO3. The molecule has 0 amide bonds. The molecule has 0 saturated carbocycles. The van der Waals surface area contributed by atoms with Gasteiger partial charge in [0, 0.05) is 12.5 Å². The van der Waals surface area contributed by atoms with E-state index in [0.29, 0.717) is 5.56 Å². The van der Waals surface area contributed by atoms with Gasteiger partial charge in [-0.25, -0.2) is 4.39 Å². The number of aliphatic hydroxyl groups excluding tert-OH is 1. The number of benzene rings is 1. The molecular weight excluding hydrogens is 187 g/mol. The minimum absolute atomic E-state index is 0.208. The monoisotopic (exact) mass is 200 g/mol. The first kappa shape index (κ1) is 10.8. The average molecular weight is 200 g/mol. The lowest BCUT2D eigenvalue weighted by atomic mass is 9.98. The Kier molecular flexibility index (Phi) is 2.96. The minimum Gasteiger partial charge on any atom is -0.504 e. The molecule has 1 unspecified atom stereocenters. The van der Waals surface area contributed by atoms with E-state index in [4.69, 9.17) is 5.11 Å². The highest BCUT2D eigenvalue weighted by molar-refractivity contribution is 5.49. The van der Waals surface area contributed by atoms with Gasteiger partial charge < -0.3 is 15.3 Å². The SMILES string of the molecule is Cc1cc(C(C)CO)c(F)c(O)c1O. The van der Waals surface area contributed by atoms with E-state index in [-0.39, 0.29) is 12.2 Å². The standard InChI is InChI=1S/C10H13FO3/c1-5-3-7(6(2)4-12)8(11)10(14)9(5)13/h3,6,12-14H,4H2,1-2H3. The second kappa shape index (κ2) is 3.84. The zero-order valence-corrected chi connectivity index (χ0v) is 8.08. The highest BCUT2D eigenvalue weighted by Crippen LogP contribution is 2.36. The van der Waals surface area contributed by atoms with Gasteiger partial charge in [0.25, 0.3) is 0 Å². The molecule has 0 bridgehead atoms. The molecule has 4 heteroatoms. The van der Waals surface area contributed by atoms with Gasteiger partial charge in [-0.2, -0.15) is 0 Å². The lowest BCUT2D eigenvalue weighted by Crippen LogP contribution is -2.03.